The summed E-state index contributed by atoms with van der Waals surface area (Å²) in [5.41, 5.74) is 0.834. The summed E-state index contributed by atoms with van der Waals surface area (Å²) in [6.07, 6.45) is 0. The Kier molecular flexibility index (Phi) is 4.30. The molecule has 1 amide bonds. The second-order valence-electron chi connectivity index (χ2n) is 4.67. The highest BCUT2D eigenvalue weighted by Gasteiger charge is 2.09. The lowest BCUT2D eigenvalue weighted by Gasteiger charge is -2.10. The summed E-state index contributed by atoms with van der Waals surface area (Å²) in [5, 5.41) is 5.80. The van der Waals surface area contributed by atoms with Crippen LogP contribution in [0.5, 0.6) is 0 Å². The summed E-state index contributed by atoms with van der Waals surface area (Å²) in [6, 6.07) is 11.0. The lowest BCUT2D eigenvalue weighted by molar-refractivity contribution is 0.102. The zero-order valence-corrected chi connectivity index (χ0v) is 11.4. The maximum absolute atomic E-state index is 12.8. The SMILES string of the molecule is CC(C)Nc1cccc(C(=O)Nc2ccc(F)cc2)n1. The highest BCUT2D eigenvalue weighted by atomic mass is 19.1. The average molecular weight is 273 g/mol. The van der Waals surface area contributed by atoms with Crippen LogP contribution in [0.25, 0.3) is 0 Å². The maximum atomic E-state index is 12.8. The number of carbonyl (C=O) groups is 1. The lowest BCUT2D eigenvalue weighted by atomic mass is 10.2. The number of benzene rings is 1. The molecule has 0 saturated heterocycles. The van der Waals surface area contributed by atoms with Gasteiger partial charge in [-0.25, -0.2) is 9.37 Å². The van der Waals surface area contributed by atoms with Gasteiger partial charge in [-0.05, 0) is 50.2 Å². The molecule has 4 nitrogen and oxygen atoms in total. The minimum absolute atomic E-state index is 0.234. The molecule has 0 aliphatic heterocycles. The Bertz CT molecular complexity index is 596. The molecule has 0 saturated carbocycles. The molecule has 2 rings (SSSR count). The second-order valence-corrected chi connectivity index (χ2v) is 4.67. The molecule has 2 N–H and O–H groups in total. The standard InChI is InChI=1S/C15H16FN3O/c1-10(2)17-14-5-3-4-13(19-14)15(20)18-12-8-6-11(16)7-9-12/h3-10H,1-2H3,(H,17,19)(H,18,20). The van der Waals surface area contributed by atoms with E-state index in [2.05, 4.69) is 15.6 Å². The van der Waals surface area contributed by atoms with Gasteiger partial charge in [0, 0.05) is 11.7 Å². The summed E-state index contributed by atoms with van der Waals surface area (Å²) in [7, 11) is 0. The average Bonchev–Trinajstić information content (AvgIpc) is 2.41. The van der Waals surface area contributed by atoms with Crippen LogP contribution in [0.2, 0.25) is 0 Å². The van der Waals surface area contributed by atoms with E-state index in [1.807, 2.05) is 13.8 Å². The smallest absolute Gasteiger partial charge is 0.274 e. The Morgan fingerprint density at radius 1 is 1.15 bits per heavy atom. The number of rotatable bonds is 4. The molecule has 5 heteroatoms. The molecule has 20 heavy (non-hydrogen) atoms. The van der Waals surface area contributed by atoms with E-state index in [1.165, 1.54) is 24.3 Å². The third-order valence-corrected chi connectivity index (χ3v) is 2.52. The number of anilines is 2. The first-order chi connectivity index (χ1) is 9.54. The van der Waals surface area contributed by atoms with E-state index in [0.29, 0.717) is 17.2 Å². The number of pyridine rings is 1. The quantitative estimate of drug-likeness (QED) is 0.898. The normalized spacial score (nSPS) is 10.4. The highest BCUT2D eigenvalue weighted by molar-refractivity contribution is 6.03. The molecule has 1 aromatic carbocycles. The number of nitrogens with one attached hydrogen (secondary N) is 2. The van der Waals surface area contributed by atoms with Crippen LogP contribution < -0.4 is 10.6 Å². The van der Waals surface area contributed by atoms with Crippen molar-refractivity contribution in [2.24, 2.45) is 0 Å². The highest BCUT2D eigenvalue weighted by Crippen LogP contribution is 2.11. The van der Waals surface area contributed by atoms with E-state index in [0.717, 1.165) is 0 Å². The van der Waals surface area contributed by atoms with Crippen LogP contribution in [-0.4, -0.2) is 16.9 Å². The van der Waals surface area contributed by atoms with Gasteiger partial charge in [0.2, 0.25) is 0 Å². The number of halogens is 1. The van der Waals surface area contributed by atoms with Crippen LogP contribution in [0, 0.1) is 5.82 Å². The summed E-state index contributed by atoms with van der Waals surface area (Å²) in [5.74, 6) is -0.0278. The minimum Gasteiger partial charge on any atom is -0.368 e. The fourth-order valence-electron chi connectivity index (χ4n) is 1.67. The van der Waals surface area contributed by atoms with Crippen molar-refractivity contribution in [1.82, 2.24) is 4.98 Å². The van der Waals surface area contributed by atoms with Crippen LogP contribution in [0.4, 0.5) is 15.9 Å². The van der Waals surface area contributed by atoms with Gasteiger partial charge in [0.25, 0.3) is 5.91 Å². The van der Waals surface area contributed by atoms with Crippen molar-refractivity contribution in [3.05, 3.63) is 54.0 Å². The molecule has 0 fully saturated rings. The Balaban J connectivity index is 2.10. The third kappa shape index (κ3) is 3.78. The third-order valence-electron chi connectivity index (χ3n) is 2.52. The molecular formula is C15H16FN3O. The number of aromatic nitrogens is 1. The number of hydrogen-bond acceptors (Lipinski definition) is 3. The number of carbonyl (C=O) groups excluding carboxylic acids is 1. The van der Waals surface area contributed by atoms with E-state index in [4.69, 9.17) is 0 Å². The lowest BCUT2D eigenvalue weighted by Crippen LogP contribution is -2.16. The van der Waals surface area contributed by atoms with Gasteiger partial charge in [-0.3, -0.25) is 4.79 Å². The molecule has 0 atom stereocenters. The summed E-state index contributed by atoms with van der Waals surface area (Å²) >= 11 is 0. The van der Waals surface area contributed by atoms with Gasteiger partial charge in [-0.15, -0.1) is 0 Å². The van der Waals surface area contributed by atoms with Gasteiger partial charge in [0.15, 0.2) is 0 Å². The molecule has 104 valence electrons. The van der Waals surface area contributed by atoms with Crippen LogP contribution in [-0.2, 0) is 0 Å². The van der Waals surface area contributed by atoms with E-state index in [-0.39, 0.29) is 17.8 Å². The van der Waals surface area contributed by atoms with Gasteiger partial charge in [-0.2, -0.15) is 0 Å². The molecule has 1 aromatic heterocycles. The molecule has 1 heterocycles. The molecule has 0 unspecified atom stereocenters. The predicted octanol–water partition coefficient (Wildman–Crippen LogP) is 3.29. The first-order valence-electron chi connectivity index (χ1n) is 6.35. The summed E-state index contributed by atoms with van der Waals surface area (Å²) < 4.78 is 12.8. The fourth-order valence-corrected chi connectivity index (χ4v) is 1.67. The molecule has 0 radical (unpaired) electrons. The fraction of sp³-hybridized carbons (Fsp3) is 0.200. The van der Waals surface area contributed by atoms with Crippen molar-refractivity contribution in [3.8, 4) is 0 Å². The van der Waals surface area contributed by atoms with E-state index in [1.54, 1.807) is 18.2 Å². The van der Waals surface area contributed by atoms with Crippen molar-refractivity contribution in [2.45, 2.75) is 19.9 Å². The minimum atomic E-state index is -0.343. The summed E-state index contributed by atoms with van der Waals surface area (Å²) in [6.45, 7) is 3.99. The molecule has 2 aromatic rings. The Labute approximate surface area is 117 Å². The number of nitrogens with zero attached hydrogens (tertiary/aromatic N) is 1. The van der Waals surface area contributed by atoms with Crippen molar-refractivity contribution in [2.75, 3.05) is 10.6 Å². The van der Waals surface area contributed by atoms with Crippen molar-refractivity contribution in [3.63, 3.8) is 0 Å². The number of amides is 1. The Hall–Kier alpha value is -2.43. The summed E-state index contributed by atoms with van der Waals surface area (Å²) in [4.78, 5) is 16.3. The molecular weight excluding hydrogens is 257 g/mol. The Morgan fingerprint density at radius 3 is 2.50 bits per heavy atom. The van der Waals surface area contributed by atoms with E-state index < -0.39 is 0 Å². The maximum Gasteiger partial charge on any atom is 0.274 e. The van der Waals surface area contributed by atoms with Crippen molar-refractivity contribution < 1.29 is 9.18 Å². The van der Waals surface area contributed by atoms with Crippen molar-refractivity contribution >= 4 is 17.4 Å². The van der Waals surface area contributed by atoms with Crippen LogP contribution in [0.1, 0.15) is 24.3 Å². The molecule has 0 aliphatic rings. The second kappa shape index (κ2) is 6.14. The molecule has 0 spiro atoms. The van der Waals surface area contributed by atoms with Gasteiger partial charge in [-0.1, -0.05) is 6.07 Å². The zero-order valence-electron chi connectivity index (χ0n) is 11.4. The zero-order chi connectivity index (χ0) is 14.5. The van der Waals surface area contributed by atoms with Gasteiger partial charge >= 0.3 is 0 Å². The predicted molar refractivity (Wildman–Crippen MR) is 77.3 cm³/mol. The van der Waals surface area contributed by atoms with Crippen LogP contribution in [0.3, 0.4) is 0 Å². The first kappa shape index (κ1) is 14.0. The Morgan fingerprint density at radius 2 is 1.85 bits per heavy atom. The van der Waals surface area contributed by atoms with Crippen LogP contribution >= 0.6 is 0 Å². The van der Waals surface area contributed by atoms with E-state index in [9.17, 15) is 9.18 Å². The van der Waals surface area contributed by atoms with Gasteiger partial charge in [0.05, 0.1) is 0 Å². The van der Waals surface area contributed by atoms with Gasteiger partial charge in [0.1, 0.15) is 17.3 Å². The molecule has 0 aliphatic carbocycles. The van der Waals surface area contributed by atoms with E-state index >= 15 is 0 Å². The topological polar surface area (TPSA) is 54.0 Å². The molecule has 0 bridgehead atoms. The largest absolute Gasteiger partial charge is 0.368 e. The first-order valence-corrected chi connectivity index (χ1v) is 6.35. The van der Waals surface area contributed by atoms with Crippen LogP contribution in [0.15, 0.2) is 42.5 Å². The monoisotopic (exact) mass is 273 g/mol. The number of hydrogen-bond donors (Lipinski definition) is 2. The van der Waals surface area contributed by atoms with Crippen molar-refractivity contribution in [1.29, 1.82) is 0 Å². The van der Waals surface area contributed by atoms with Gasteiger partial charge < -0.3 is 10.6 Å².